The maximum absolute atomic E-state index is 12.6. The fraction of sp³-hybridized carbons (Fsp3) is 0.167. The predicted octanol–water partition coefficient (Wildman–Crippen LogP) is 5.52. The maximum Gasteiger partial charge on any atom is 0.197 e. The number of carbonyl (C=O) groups excluding carboxylic acids is 1. The monoisotopic (exact) mass is 444 g/mol. The highest BCUT2D eigenvalue weighted by atomic mass is 32.2. The number of carbonyl (C=O) groups is 1. The van der Waals surface area contributed by atoms with Crippen LogP contribution in [0.4, 0.5) is 0 Å². The second-order valence-corrected chi connectivity index (χ2v) is 9.52. The standard InChI is InChI=1S/C24H20N4OS2/c1-15-16(2)31-23-21(15)22-26-27-24(30-14-19(29)18-11-7-4-8-12-18)28(22)20(25-23)13-17-9-5-3-6-10-17/h3-12H,13-14H2,1-2H3. The molecule has 5 rings (SSSR count). The van der Waals surface area contributed by atoms with E-state index in [1.807, 2.05) is 52.9 Å². The normalized spacial score (nSPS) is 11.4. The van der Waals surface area contributed by atoms with Gasteiger partial charge in [-0.1, -0.05) is 72.4 Å². The van der Waals surface area contributed by atoms with E-state index in [9.17, 15) is 4.79 Å². The summed E-state index contributed by atoms with van der Waals surface area (Å²) >= 11 is 3.10. The first-order valence-electron chi connectivity index (χ1n) is 10.0. The summed E-state index contributed by atoms with van der Waals surface area (Å²) in [7, 11) is 0. The molecule has 0 aliphatic heterocycles. The number of fused-ring (bicyclic) bond motifs is 3. The van der Waals surface area contributed by atoms with Crippen LogP contribution in [0.3, 0.4) is 0 Å². The number of Topliss-reactive ketones (excluding diaryl/α,β-unsaturated/α-hetero) is 1. The van der Waals surface area contributed by atoms with Crippen LogP contribution in [0.15, 0.2) is 65.8 Å². The smallest absolute Gasteiger partial charge is 0.197 e. The van der Waals surface area contributed by atoms with Crippen LogP contribution in [-0.2, 0) is 6.42 Å². The molecule has 0 N–H and O–H groups in total. The van der Waals surface area contributed by atoms with Gasteiger partial charge in [-0.05, 0) is 25.0 Å². The van der Waals surface area contributed by atoms with Crippen molar-refractivity contribution in [2.75, 3.05) is 5.75 Å². The molecule has 3 aromatic heterocycles. The van der Waals surface area contributed by atoms with Crippen molar-refractivity contribution >= 4 is 44.7 Å². The number of aryl methyl sites for hydroxylation is 2. The van der Waals surface area contributed by atoms with Gasteiger partial charge < -0.3 is 0 Å². The van der Waals surface area contributed by atoms with Crippen LogP contribution in [0, 0.1) is 13.8 Å². The molecule has 0 spiro atoms. The van der Waals surface area contributed by atoms with Crippen LogP contribution in [0.5, 0.6) is 0 Å². The van der Waals surface area contributed by atoms with Crippen LogP contribution >= 0.6 is 23.1 Å². The summed E-state index contributed by atoms with van der Waals surface area (Å²) in [5, 5.41) is 10.7. The van der Waals surface area contributed by atoms with Gasteiger partial charge in [0.15, 0.2) is 16.6 Å². The zero-order valence-electron chi connectivity index (χ0n) is 17.2. The summed E-state index contributed by atoms with van der Waals surface area (Å²) in [4.78, 5) is 19.8. The summed E-state index contributed by atoms with van der Waals surface area (Å²) in [5.74, 6) is 1.26. The van der Waals surface area contributed by atoms with E-state index in [4.69, 9.17) is 4.98 Å². The third kappa shape index (κ3) is 3.75. The highest BCUT2D eigenvalue weighted by Gasteiger charge is 2.20. The summed E-state index contributed by atoms with van der Waals surface area (Å²) in [6, 6.07) is 19.6. The van der Waals surface area contributed by atoms with Crippen LogP contribution < -0.4 is 0 Å². The summed E-state index contributed by atoms with van der Waals surface area (Å²) in [5.41, 5.74) is 3.88. The minimum absolute atomic E-state index is 0.0727. The van der Waals surface area contributed by atoms with Crippen LogP contribution in [-0.4, -0.2) is 31.1 Å². The van der Waals surface area contributed by atoms with E-state index >= 15 is 0 Å². The molecule has 5 aromatic rings. The largest absolute Gasteiger partial charge is 0.293 e. The number of rotatable bonds is 6. The van der Waals surface area contributed by atoms with E-state index < -0.39 is 0 Å². The Bertz CT molecular complexity index is 1390. The fourth-order valence-corrected chi connectivity index (χ4v) is 5.50. The highest BCUT2D eigenvalue weighted by molar-refractivity contribution is 7.99. The molecule has 0 fully saturated rings. The Morgan fingerprint density at radius 2 is 1.71 bits per heavy atom. The van der Waals surface area contributed by atoms with Crippen molar-refractivity contribution in [1.29, 1.82) is 0 Å². The van der Waals surface area contributed by atoms with E-state index in [1.165, 1.54) is 27.8 Å². The van der Waals surface area contributed by atoms with Crippen molar-refractivity contribution in [2.45, 2.75) is 25.4 Å². The number of thioether (sulfide) groups is 1. The third-order valence-corrected chi connectivity index (χ3v) is 7.38. The van der Waals surface area contributed by atoms with Gasteiger partial charge >= 0.3 is 0 Å². The van der Waals surface area contributed by atoms with Crippen molar-refractivity contribution in [3.05, 3.63) is 88.1 Å². The second-order valence-electron chi connectivity index (χ2n) is 7.37. The van der Waals surface area contributed by atoms with Gasteiger partial charge in [-0.25, -0.2) is 4.98 Å². The Labute approximate surface area is 188 Å². The van der Waals surface area contributed by atoms with Gasteiger partial charge in [-0.15, -0.1) is 21.5 Å². The summed E-state index contributed by atoms with van der Waals surface area (Å²) in [6.45, 7) is 4.22. The Hall–Kier alpha value is -3.03. The Morgan fingerprint density at radius 3 is 2.45 bits per heavy atom. The molecule has 0 saturated carbocycles. The molecule has 0 aliphatic rings. The maximum atomic E-state index is 12.6. The second kappa shape index (κ2) is 8.24. The van der Waals surface area contributed by atoms with Crippen molar-refractivity contribution in [1.82, 2.24) is 19.6 Å². The number of benzene rings is 2. The van der Waals surface area contributed by atoms with Gasteiger partial charge in [-0.3, -0.25) is 9.20 Å². The SMILES string of the molecule is Cc1sc2nc(Cc3ccccc3)n3c(SCC(=O)c4ccccc4)nnc3c2c1C. The Balaban J connectivity index is 1.58. The van der Waals surface area contributed by atoms with E-state index in [2.05, 4.69) is 36.2 Å². The Kier molecular flexibility index (Phi) is 5.29. The number of hydrogen-bond acceptors (Lipinski definition) is 6. The third-order valence-electron chi connectivity index (χ3n) is 5.35. The molecule has 0 aliphatic carbocycles. The van der Waals surface area contributed by atoms with Crippen LogP contribution in [0.1, 0.15) is 32.2 Å². The van der Waals surface area contributed by atoms with Crippen molar-refractivity contribution in [3.63, 3.8) is 0 Å². The number of aromatic nitrogens is 4. The number of nitrogens with zero attached hydrogens (tertiary/aromatic N) is 4. The van der Waals surface area contributed by atoms with Crippen molar-refractivity contribution in [2.24, 2.45) is 0 Å². The molecule has 0 unspecified atom stereocenters. The molecule has 0 radical (unpaired) electrons. The molecule has 5 nitrogen and oxygen atoms in total. The van der Waals surface area contributed by atoms with E-state index in [1.54, 1.807) is 11.3 Å². The van der Waals surface area contributed by atoms with Crippen LogP contribution in [0.25, 0.3) is 15.9 Å². The Morgan fingerprint density at radius 1 is 1.00 bits per heavy atom. The average Bonchev–Trinajstić information content (AvgIpc) is 3.34. The number of ketones is 1. The lowest BCUT2D eigenvalue weighted by Gasteiger charge is -2.08. The molecular formula is C24H20N4OS2. The fourth-order valence-electron chi connectivity index (χ4n) is 3.61. The lowest BCUT2D eigenvalue weighted by atomic mass is 10.1. The first kappa shape index (κ1) is 19.9. The summed E-state index contributed by atoms with van der Waals surface area (Å²) in [6.07, 6.45) is 0.668. The predicted molar refractivity (Wildman–Crippen MR) is 126 cm³/mol. The van der Waals surface area contributed by atoms with Gasteiger partial charge in [0.1, 0.15) is 10.7 Å². The highest BCUT2D eigenvalue weighted by Crippen LogP contribution is 2.34. The van der Waals surface area contributed by atoms with Gasteiger partial charge in [0, 0.05) is 16.9 Å². The van der Waals surface area contributed by atoms with Crippen LogP contribution in [0.2, 0.25) is 0 Å². The molecule has 31 heavy (non-hydrogen) atoms. The zero-order chi connectivity index (χ0) is 21.4. The van der Waals surface area contributed by atoms with Gasteiger partial charge in [0.2, 0.25) is 0 Å². The molecule has 2 aromatic carbocycles. The molecule has 0 amide bonds. The van der Waals surface area contributed by atoms with Crippen molar-refractivity contribution < 1.29 is 4.79 Å². The van der Waals surface area contributed by atoms with Gasteiger partial charge in [0.05, 0.1) is 11.1 Å². The molecule has 0 atom stereocenters. The lowest BCUT2D eigenvalue weighted by Crippen LogP contribution is -2.06. The lowest BCUT2D eigenvalue weighted by molar-refractivity contribution is 0.102. The van der Waals surface area contributed by atoms with Gasteiger partial charge in [-0.2, -0.15) is 0 Å². The minimum atomic E-state index is 0.0727. The summed E-state index contributed by atoms with van der Waals surface area (Å²) < 4.78 is 2.03. The number of hydrogen-bond donors (Lipinski definition) is 0. The van der Waals surface area contributed by atoms with E-state index in [0.29, 0.717) is 22.9 Å². The molecule has 0 bridgehead atoms. The first-order valence-corrected chi connectivity index (χ1v) is 11.8. The van der Waals surface area contributed by atoms with Gasteiger partial charge in [0.25, 0.3) is 0 Å². The topological polar surface area (TPSA) is 60.2 Å². The molecule has 7 heteroatoms. The average molecular weight is 445 g/mol. The van der Waals surface area contributed by atoms with E-state index in [0.717, 1.165) is 21.7 Å². The quantitative estimate of drug-likeness (QED) is 0.255. The minimum Gasteiger partial charge on any atom is -0.293 e. The zero-order valence-corrected chi connectivity index (χ0v) is 18.8. The first-order chi connectivity index (χ1) is 15.1. The van der Waals surface area contributed by atoms with E-state index in [-0.39, 0.29) is 5.78 Å². The molecule has 0 saturated heterocycles. The molecule has 3 heterocycles. The number of thiophene rings is 1. The van der Waals surface area contributed by atoms with Crippen molar-refractivity contribution in [3.8, 4) is 0 Å². The molecule has 154 valence electrons. The molecular weight excluding hydrogens is 424 g/mol.